The molecule has 1 atom stereocenters. The summed E-state index contributed by atoms with van der Waals surface area (Å²) in [4.78, 5) is 12.6. The molecular weight excluding hydrogens is 314 g/mol. The van der Waals surface area contributed by atoms with Gasteiger partial charge >= 0.3 is 0 Å². The second-order valence-electron chi connectivity index (χ2n) is 5.65. The monoisotopic (exact) mass is 341 g/mol. The Balaban J connectivity index is 2.79. The molecule has 1 rings (SSSR count). The Bertz CT molecular complexity index is 507. The molecule has 1 N–H and O–H groups in total. The average Bonchev–Trinajstić information content (AvgIpc) is 2.50. The highest BCUT2D eigenvalue weighted by Gasteiger charge is 2.33. The number of nitrogens with one attached hydrogen (secondary N) is 1. The van der Waals surface area contributed by atoms with Gasteiger partial charge in [0.2, 0.25) is 0 Å². The van der Waals surface area contributed by atoms with Crippen LogP contribution in [0.3, 0.4) is 0 Å². The van der Waals surface area contributed by atoms with Gasteiger partial charge in [-0.05, 0) is 45.4 Å². The molecule has 0 bridgehead atoms. The van der Waals surface area contributed by atoms with Crippen molar-refractivity contribution in [3.05, 3.63) is 23.2 Å². The molecule has 0 saturated heterocycles. The fourth-order valence-electron chi connectivity index (χ4n) is 2.40. The molecule has 130 valence electrons. The van der Waals surface area contributed by atoms with E-state index in [-0.39, 0.29) is 5.91 Å². The standard InChI is InChI=1S/C18H28ClNO3/c1-5-8-9-12-18(4,23-7-3)17(21)20-14-10-11-16(22-6-2)15(19)13-14/h10-11,13H,5-9,12H2,1-4H3,(H,20,21). The second kappa shape index (κ2) is 9.78. The molecular formula is C18H28ClNO3. The largest absolute Gasteiger partial charge is 0.492 e. The van der Waals surface area contributed by atoms with Crippen LogP contribution in [0, 0.1) is 0 Å². The molecule has 1 unspecified atom stereocenters. The molecule has 5 heteroatoms. The first-order valence-electron chi connectivity index (χ1n) is 8.34. The summed E-state index contributed by atoms with van der Waals surface area (Å²) in [5.41, 5.74) is -0.181. The van der Waals surface area contributed by atoms with Crippen molar-refractivity contribution in [1.29, 1.82) is 0 Å². The van der Waals surface area contributed by atoms with Gasteiger partial charge in [-0.2, -0.15) is 0 Å². The fraction of sp³-hybridized carbons (Fsp3) is 0.611. The molecule has 1 aromatic carbocycles. The van der Waals surface area contributed by atoms with Gasteiger partial charge in [-0.15, -0.1) is 0 Å². The average molecular weight is 342 g/mol. The third-order valence-corrected chi connectivity index (χ3v) is 3.99. The molecule has 1 amide bonds. The molecule has 0 radical (unpaired) electrons. The number of amides is 1. The molecule has 0 spiro atoms. The number of ether oxygens (including phenoxy) is 2. The van der Waals surface area contributed by atoms with E-state index in [1.807, 2.05) is 20.8 Å². The van der Waals surface area contributed by atoms with Crippen LogP contribution in [0.1, 0.15) is 53.4 Å². The molecule has 0 aliphatic heterocycles. The first kappa shape index (κ1) is 19.8. The molecule has 23 heavy (non-hydrogen) atoms. The van der Waals surface area contributed by atoms with E-state index in [0.29, 0.717) is 36.1 Å². The summed E-state index contributed by atoms with van der Waals surface area (Å²) in [6, 6.07) is 5.24. The topological polar surface area (TPSA) is 47.6 Å². The van der Waals surface area contributed by atoms with Crippen LogP contribution in [0.2, 0.25) is 5.02 Å². The van der Waals surface area contributed by atoms with Crippen molar-refractivity contribution >= 4 is 23.2 Å². The van der Waals surface area contributed by atoms with E-state index in [1.165, 1.54) is 0 Å². The van der Waals surface area contributed by atoms with Gasteiger partial charge in [0, 0.05) is 12.3 Å². The number of halogens is 1. The van der Waals surface area contributed by atoms with Gasteiger partial charge in [-0.3, -0.25) is 4.79 Å². The van der Waals surface area contributed by atoms with E-state index in [9.17, 15) is 4.79 Å². The number of carbonyl (C=O) groups excluding carboxylic acids is 1. The first-order valence-corrected chi connectivity index (χ1v) is 8.72. The van der Waals surface area contributed by atoms with Gasteiger partial charge in [0.15, 0.2) is 0 Å². The van der Waals surface area contributed by atoms with Crippen molar-refractivity contribution in [3.63, 3.8) is 0 Å². The number of rotatable bonds is 10. The number of benzene rings is 1. The van der Waals surface area contributed by atoms with Gasteiger partial charge in [-0.25, -0.2) is 0 Å². The van der Waals surface area contributed by atoms with E-state index in [0.717, 1.165) is 19.3 Å². The maximum atomic E-state index is 12.6. The minimum atomic E-state index is -0.824. The van der Waals surface area contributed by atoms with E-state index in [2.05, 4.69) is 12.2 Å². The van der Waals surface area contributed by atoms with E-state index in [4.69, 9.17) is 21.1 Å². The summed E-state index contributed by atoms with van der Waals surface area (Å²) in [6.07, 6.45) is 3.86. The maximum absolute atomic E-state index is 12.6. The Labute approximate surface area is 144 Å². The quantitative estimate of drug-likeness (QED) is 0.605. The molecule has 0 aliphatic rings. The lowest BCUT2D eigenvalue weighted by Crippen LogP contribution is -2.42. The minimum absolute atomic E-state index is 0.143. The maximum Gasteiger partial charge on any atom is 0.256 e. The van der Waals surface area contributed by atoms with Crippen molar-refractivity contribution in [2.75, 3.05) is 18.5 Å². The first-order chi connectivity index (χ1) is 11.0. The Kier molecular flexibility index (Phi) is 8.42. The molecule has 0 aromatic heterocycles. The van der Waals surface area contributed by atoms with Crippen molar-refractivity contribution in [1.82, 2.24) is 0 Å². The lowest BCUT2D eigenvalue weighted by atomic mass is 9.96. The summed E-state index contributed by atoms with van der Waals surface area (Å²) < 4.78 is 11.1. The van der Waals surface area contributed by atoms with Crippen LogP contribution in [0.4, 0.5) is 5.69 Å². The van der Waals surface area contributed by atoms with Crippen LogP contribution in [-0.4, -0.2) is 24.7 Å². The lowest BCUT2D eigenvalue weighted by Gasteiger charge is -2.28. The van der Waals surface area contributed by atoms with Gasteiger partial charge < -0.3 is 14.8 Å². The highest BCUT2D eigenvalue weighted by Crippen LogP contribution is 2.29. The van der Waals surface area contributed by atoms with Gasteiger partial charge in [0.1, 0.15) is 11.4 Å². The van der Waals surface area contributed by atoms with E-state index in [1.54, 1.807) is 18.2 Å². The van der Waals surface area contributed by atoms with Gasteiger partial charge in [0.05, 0.1) is 11.6 Å². The number of carbonyl (C=O) groups is 1. The summed E-state index contributed by atoms with van der Waals surface area (Å²) in [5, 5.41) is 3.38. The van der Waals surface area contributed by atoms with Crippen LogP contribution in [0.25, 0.3) is 0 Å². The normalized spacial score (nSPS) is 13.4. The second-order valence-corrected chi connectivity index (χ2v) is 6.06. The SMILES string of the molecule is CCCCCC(C)(OCC)C(=O)Nc1ccc(OCC)c(Cl)c1. The van der Waals surface area contributed by atoms with Crippen LogP contribution < -0.4 is 10.1 Å². The number of unbranched alkanes of at least 4 members (excludes halogenated alkanes) is 2. The van der Waals surface area contributed by atoms with Crippen LogP contribution in [0.15, 0.2) is 18.2 Å². The molecule has 0 saturated carbocycles. The molecule has 0 heterocycles. The summed E-state index contributed by atoms with van der Waals surface area (Å²) in [6.45, 7) is 8.83. The Morgan fingerprint density at radius 1 is 1.22 bits per heavy atom. The zero-order valence-electron chi connectivity index (χ0n) is 14.6. The lowest BCUT2D eigenvalue weighted by molar-refractivity contribution is -0.139. The van der Waals surface area contributed by atoms with Gasteiger partial charge in [-0.1, -0.05) is 37.8 Å². The third kappa shape index (κ3) is 6.04. The van der Waals surface area contributed by atoms with Crippen LogP contribution in [0.5, 0.6) is 5.75 Å². The molecule has 0 aliphatic carbocycles. The summed E-state index contributed by atoms with van der Waals surface area (Å²) >= 11 is 6.16. The third-order valence-electron chi connectivity index (χ3n) is 3.69. The number of hydrogen-bond acceptors (Lipinski definition) is 3. The molecule has 1 aromatic rings. The highest BCUT2D eigenvalue weighted by atomic mass is 35.5. The van der Waals surface area contributed by atoms with Crippen LogP contribution >= 0.6 is 11.6 Å². The zero-order valence-corrected chi connectivity index (χ0v) is 15.3. The number of hydrogen-bond donors (Lipinski definition) is 1. The highest BCUT2D eigenvalue weighted by molar-refractivity contribution is 6.32. The van der Waals surface area contributed by atoms with Crippen molar-refractivity contribution in [2.45, 2.75) is 59.0 Å². The smallest absolute Gasteiger partial charge is 0.256 e. The predicted octanol–water partition coefficient (Wildman–Crippen LogP) is 5.05. The van der Waals surface area contributed by atoms with Gasteiger partial charge in [0.25, 0.3) is 5.91 Å². The molecule has 0 fully saturated rings. The minimum Gasteiger partial charge on any atom is -0.492 e. The Morgan fingerprint density at radius 3 is 2.52 bits per heavy atom. The van der Waals surface area contributed by atoms with Crippen molar-refractivity contribution in [2.24, 2.45) is 0 Å². The Morgan fingerprint density at radius 2 is 1.96 bits per heavy atom. The summed E-state index contributed by atoms with van der Waals surface area (Å²) in [5.74, 6) is 0.471. The van der Waals surface area contributed by atoms with Crippen molar-refractivity contribution < 1.29 is 14.3 Å². The number of anilines is 1. The van der Waals surface area contributed by atoms with Crippen molar-refractivity contribution in [3.8, 4) is 5.75 Å². The predicted molar refractivity (Wildman–Crippen MR) is 95.4 cm³/mol. The van der Waals surface area contributed by atoms with E-state index >= 15 is 0 Å². The summed E-state index contributed by atoms with van der Waals surface area (Å²) in [7, 11) is 0. The van der Waals surface area contributed by atoms with E-state index < -0.39 is 5.60 Å². The molecule has 4 nitrogen and oxygen atoms in total. The Hall–Kier alpha value is -1.26. The zero-order chi connectivity index (χ0) is 17.3. The van der Waals surface area contributed by atoms with Crippen LogP contribution in [-0.2, 0) is 9.53 Å². The fourth-order valence-corrected chi connectivity index (χ4v) is 2.63.